The summed E-state index contributed by atoms with van der Waals surface area (Å²) >= 11 is 0. The number of nitrogens with zero attached hydrogens (tertiary/aromatic N) is 4. The van der Waals surface area contributed by atoms with Crippen molar-refractivity contribution < 1.29 is 13.2 Å². The highest BCUT2D eigenvalue weighted by Gasteiger charge is 2.36. The molecule has 0 unspecified atom stereocenters. The average Bonchev–Trinajstić information content (AvgIpc) is 3.12. The molecule has 9 heteroatoms. The Labute approximate surface area is 172 Å². The first-order chi connectivity index (χ1) is 14.2. The van der Waals surface area contributed by atoms with Crippen LogP contribution >= 0.6 is 0 Å². The van der Waals surface area contributed by atoms with Crippen molar-refractivity contribution in [2.45, 2.75) is 38.9 Å². The van der Waals surface area contributed by atoms with E-state index < -0.39 is 11.7 Å². The zero-order valence-electron chi connectivity index (χ0n) is 16.9. The van der Waals surface area contributed by atoms with Crippen molar-refractivity contribution in [2.75, 3.05) is 18.0 Å². The zero-order valence-corrected chi connectivity index (χ0v) is 16.9. The topological polar surface area (TPSA) is 83.7 Å². The molecule has 2 atom stereocenters. The molecule has 3 N–H and O–H groups in total. The van der Waals surface area contributed by atoms with E-state index in [2.05, 4.69) is 34.0 Å². The van der Waals surface area contributed by atoms with E-state index in [1.807, 2.05) is 4.90 Å². The first-order valence-electron chi connectivity index (χ1n) is 10.1. The molecule has 0 saturated carbocycles. The molecule has 1 saturated heterocycles. The first kappa shape index (κ1) is 20.6. The van der Waals surface area contributed by atoms with Crippen molar-refractivity contribution in [2.24, 2.45) is 17.6 Å². The summed E-state index contributed by atoms with van der Waals surface area (Å²) in [6.45, 7) is 5.65. The number of anilines is 1. The molecule has 0 amide bonds. The lowest BCUT2D eigenvalue weighted by atomic mass is 9.86. The van der Waals surface area contributed by atoms with Crippen LogP contribution in [0.5, 0.6) is 0 Å². The molecule has 4 rings (SSSR count). The number of nitrogens with one attached hydrogen (secondary N) is 1. The zero-order chi connectivity index (χ0) is 21.5. The van der Waals surface area contributed by atoms with Gasteiger partial charge in [0.2, 0.25) is 0 Å². The van der Waals surface area contributed by atoms with Crippen molar-refractivity contribution in [3.05, 3.63) is 36.0 Å². The van der Waals surface area contributed by atoms with Crippen molar-refractivity contribution in [1.82, 2.24) is 20.2 Å². The Bertz CT molecular complexity index is 1030. The lowest BCUT2D eigenvalue weighted by Gasteiger charge is -2.38. The summed E-state index contributed by atoms with van der Waals surface area (Å²) in [6, 6.07) is 6.01. The third-order valence-corrected chi connectivity index (χ3v) is 5.64. The fraction of sp³-hybridized carbons (Fsp3) is 0.476. The number of hydrogen-bond acceptors (Lipinski definition) is 5. The molecule has 1 aliphatic rings. The molecule has 3 aromatic rings. The van der Waals surface area contributed by atoms with Gasteiger partial charge >= 0.3 is 6.18 Å². The van der Waals surface area contributed by atoms with Gasteiger partial charge in [-0.05, 0) is 48.9 Å². The van der Waals surface area contributed by atoms with Crippen LogP contribution in [0.15, 0.2) is 30.5 Å². The fourth-order valence-corrected chi connectivity index (χ4v) is 4.19. The molecule has 1 fully saturated rings. The number of piperidine rings is 1. The number of aromatic amines is 1. The van der Waals surface area contributed by atoms with Gasteiger partial charge in [-0.1, -0.05) is 13.8 Å². The van der Waals surface area contributed by atoms with Crippen molar-refractivity contribution >= 4 is 16.9 Å². The third-order valence-electron chi connectivity index (χ3n) is 5.64. The number of fused-ring (bicyclic) bond motifs is 1. The molecule has 6 nitrogen and oxygen atoms in total. The van der Waals surface area contributed by atoms with Gasteiger partial charge in [0, 0.05) is 30.7 Å². The Balaban J connectivity index is 1.76. The Morgan fingerprint density at radius 3 is 2.80 bits per heavy atom. The van der Waals surface area contributed by atoms with Crippen LogP contribution in [0.1, 0.15) is 32.3 Å². The molecule has 1 aliphatic heterocycles. The van der Waals surface area contributed by atoms with Crippen LogP contribution in [0.2, 0.25) is 0 Å². The van der Waals surface area contributed by atoms with Crippen LogP contribution in [0.25, 0.3) is 22.4 Å². The summed E-state index contributed by atoms with van der Waals surface area (Å²) in [5.74, 6) is 1.30. The summed E-state index contributed by atoms with van der Waals surface area (Å²) in [5, 5.41) is 7.25. The maximum atomic E-state index is 13.8. The molecule has 0 bridgehead atoms. The number of rotatable bonds is 4. The van der Waals surface area contributed by atoms with Gasteiger partial charge in [-0.25, -0.2) is 9.97 Å². The largest absolute Gasteiger partial charge is 0.418 e. The van der Waals surface area contributed by atoms with E-state index >= 15 is 0 Å². The lowest BCUT2D eigenvalue weighted by Crippen LogP contribution is -2.47. The Kier molecular flexibility index (Phi) is 5.40. The fourth-order valence-electron chi connectivity index (χ4n) is 4.19. The second kappa shape index (κ2) is 7.86. The van der Waals surface area contributed by atoms with Crippen LogP contribution in [0.4, 0.5) is 19.0 Å². The smallest absolute Gasteiger partial charge is 0.356 e. The van der Waals surface area contributed by atoms with Crippen LogP contribution in [-0.2, 0) is 6.18 Å². The second-order valence-electron chi connectivity index (χ2n) is 8.32. The van der Waals surface area contributed by atoms with Gasteiger partial charge < -0.3 is 10.6 Å². The number of halogens is 3. The molecule has 0 aromatic carbocycles. The Hall–Kier alpha value is -2.68. The van der Waals surface area contributed by atoms with Crippen molar-refractivity contribution in [3.8, 4) is 11.4 Å². The van der Waals surface area contributed by atoms with Gasteiger partial charge in [0.25, 0.3) is 0 Å². The minimum absolute atomic E-state index is 0.0974. The maximum Gasteiger partial charge on any atom is 0.418 e. The highest BCUT2D eigenvalue weighted by atomic mass is 19.4. The standard InChI is InChI=1S/C21H25F3N6/c1-12(2)10-13-11-30(9-7-16(13)25)17-6-5-15(21(22,23)24)19(27-17)18-14-4-3-8-26-20(14)29-28-18/h3-6,8,12-13,16H,7,9-11,25H2,1-2H3,(H,26,28,29)/t13-,16+/m1/s1. The summed E-state index contributed by atoms with van der Waals surface area (Å²) in [4.78, 5) is 10.6. The number of pyridine rings is 2. The van der Waals surface area contributed by atoms with E-state index in [-0.39, 0.29) is 23.3 Å². The minimum Gasteiger partial charge on any atom is -0.356 e. The summed E-state index contributed by atoms with van der Waals surface area (Å²) < 4.78 is 41.3. The van der Waals surface area contributed by atoms with E-state index in [4.69, 9.17) is 5.73 Å². The van der Waals surface area contributed by atoms with Gasteiger partial charge in [0.15, 0.2) is 5.65 Å². The molecule has 160 valence electrons. The van der Waals surface area contributed by atoms with E-state index in [1.54, 1.807) is 18.3 Å². The molecule has 0 spiro atoms. The van der Waals surface area contributed by atoms with Crippen LogP contribution < -0.4 is 10.6 Å². The number of alkyl halides is 3. The predicted molar refractivity (Wildman–Crippen MR) is 110 cm³/mol. The monoisotopic (exact) mass is 418 g/mol. The Morgan fingerprint density at radius 1 is 1.27 bits per heavy atom. The summed E-state index contributed by atoms with van der Waals surface area (Å²) in [6.07, 6.45) is -1.23. The van der Waals surface area contributed by atoms with E-state index in [0.717, 1.165) is 18.9 Å². The van der Waals surface area contributed by atoms with Crippen LogP contribution in [-0.4, -0.2) is 39.3 Å². The second-order valence-corrected chi connectivity index (χ2v) is 8.32. The van der Waals surface area contributed by atoms with Gasteiger partial charge in [0.1, 0.15) is 11.5 Å². The number of hydrogen-bond donors (Lipinski definition) is 2. The lowest BCUT2D eigenvalue weighted by molar-refractivity contribution is -0.137. The molecule has 0 radical (unpaired) electrons. The van der Waals surface area contributed by atoms with E-state index in [1.165, 1.54) is 6.07 Å². The molecular formula is C21H25F3N6. The molecule has 4 heterocycles. The van der Waals surface area contributed by atoms with Gasteiger partial charge in [-0.3, -0.25) is 5.10 Å². The quantitative estimate of drug-likeness (QED) is 0.662. The van der Waals surface area contributed by atoms with Gasteiger partial charge in [-0.2, -0.15) is 18.3 Å². The number of nitrogens with two attached hydrogens (primary N) is 1. The molecule has 30 heavy (non-hydrogen) atoms. The highest BCUT2D eigenvalue weighted by molar-refractivity contribution is 5.90. The maximum absolute atomic E-state index is 13.8. The van der Waals surface area contributed by atoms with Crippen molar-refractivity contribution in [3.63, 3.8) is 0 Å². The summed E-state index contributed by atoms with van der Waals surface area (Å²) in [5.41, 5.74) is 5.92. The van der Waals surface area contributed by atoms with E-state index in [9.17, 15) is 13.2 Å². The molecule has 3 aromatic heterocycles. The summed E-state index contributed by atoms with van der Waals surface area (Å²) in [7, 11) is 0. The molecular weight excluding hydrogens is 393 g/mol. The van der Waals surface area contributed by atoms with Crippen LogP contribution in [0, 0.1) is 11.8 Å². The third kappa shape index (κ3) is 3.98. The number of H-pyrrole nitrogens is 1. The van der Waals surface area contributed by atoms with Crippen LogP contribution in [0.3, 0.4) is 0 Å². The van der Waals surface area contributed by atoms with Crippen molar-refractivity contribution in [1.29, 1.82) is 0 Å². The predicted octanol–water partition coefficient (Wildman–Crippen LogP) is 4.24. The van der Waals surface area contributed by atoms with Gasteiger partial charge in [-0.15, -0.1) is 0 Å². The Morgan fingerprint density at radius 2 is 2.07 bits per heavy atom. The SMILES string of the molecule is CC(C)C[C@@H]1CN(c2ccc(C(F)(F)F)c(-c3[nH]nc4ncccc34)n2)CC[C@@H]1N. The molecule has 0 aliphatic carbocycles. The first-order valence-corrected chi connectivity index (χ1v) is 10.1. The normalized spacial score (nSPS) is 20.3. The average molecular weight is 418 g/mol. The minimum atomic E-state index is -4.54. The van der Waals surface area contributed by atoms with Gasteiger partial charge in [0.05, 0.1) is 11.3 Å². The number of aromatic nitrogens is 4. The van der Waals surface area contributed by atoms with E-state index in [0.29, 0.717) is 35.9 Å². The highest BCUT2D eigenvalue weighted by Crippen LogP contribution is 2.39.